The number of halogens is 1. The number of amides is 1. The van der Waals surface area contributed by atoms with E-state index in [-0.39, 0.29) is 12.5 Å². The fourth-order valence-electron chi connectivity index (χ4n) is 2.56. The van der Waals surface area contributed by atoms with Crippen LogP contribution >= 0.6 is 11.6 Å². The molecule has 0 spiro atoms. The summed E-state index contributed by atoms with van der Waals surface area (Å²) in [6.07, 6.45) is 1.41. The number of nitrogens with one attached hydrogen (secondary N) is 1. The lowest BCUT2D eigenvalue weighted by atomic mass is 10.2. The van der Waals surface area contributed by atoms with Gasteiger partial charge in [0.1, 0.15) is 18.1 Å². The molecule has 1 N–H and O–H groups in total. The first-order valence-electron chi connectivity index (χ1n) is 8.68. The zero-order chi connectivity index (χ0) is 20.1. The number of benzene rings is 2. The van der Waals surface area contributed by atoms with Gasteiger partial charge in [-0.3, -0.25) is 4.79 Å². The van der Waals surface area contributed by atoms with E-state index in [1.54, 1.807) is 24.3 Å². The molecular formula is C20H15ClN6O2. The second kappa shape index (κ2) is 8.49. The first-order valence-corrected chi connectivity index (χ1v) is 9.06. The monoisotopic (exact) mass is 406 g/mol. The van der Waals surface area contributed by atoms with Crippen LogP contribution in [-0.2, 0) is 11.3 Å². The number of carbonyl (C=O) groups excluding carboxylic acids is 1. The van der Waals surface area contributed by atoms with Crippen LogP contribution in [0.1, 0.15) is 5.76 Å². The van der Waals surface area contributed by atoms with Crippen LogP contribution in [0.2, 0.25) is 5.02 Å². The van der Waals surface area contributed by atoms with Gasteiger partial charge in [-0.15, -0.1) is 10.2 Å². The Labute approximate surface area is 170 Å². The molecule has 0 saturated carbocycles. The Bertz CT molecular complexity index is 1150. The quantitative estimate of drug-likeness (QED) is 0.391. The van der Waals surface area contributed by atoms with Crippen molar-refractivity contribution in [3.05, 3.63) is 77.5 Å². The SMILES string of the molecule is O=C(Cn1nnc(-c2ccccc2)n1)N/N=C\c1ccc(-c2cccc(Cl)c2)o1. The lowest BCUT2D eigenvalue weighted by Gasteiger charge is -1.98. The minimum atomic E-state index is -0.389. The van der Waals surface area contributed by atoms with E-state index >= 15 is 0 Å². The summed E-state index contributed by atoms with van der Waals surface area (Å²) < 4.78 is 5.68. The summed E-state index contributed by atoms with van der Waals surface area (Å²) in [6.45, 7) is -0.108. The van der Waals surface area contributed by atoms with E-state index < -0.39 is 0 Å². The van der Waals surface area contributed by atoms with Crippen molar-refractivity contribution in [2.24, 2.45) is 5.10 Å². The molecule has 2 heterocycles. The molecule has 0 fully saturated rings. The topological polar surface area (TPSA) is 98.2 Å². The van der Waals surface area contributed by atoms with Crippen LogP contribution in [-0.4, -0.2) is 32.3 Å². The summed E-state index contributed by atoms with van der Waals surface area (Å²) in [5.41, 5.74) is 4.09. The van der Waals surface area contributed by atoms with Crippen molar-refractivity contribution < 1.29 is 9.21 Å². The number of aromatic nitrogens is 4. The van der Waals surface area contributed by atoms with Crippen LogP contribution in [0.5, 0.6) is 0 Å². The zero-order valence-corrected chi connectivity index (χ0v) is 15.8. The van der Waals surface area contributed by atoms with Crippen LogP contribution in [0.3, 0.4) is 0 Å². The third kappa shape index (κ3) is 4.74. The minimum absolute atomic E-state index is 0.108. The summed E-state index contributed by atoms with van der Waals surface area (Å²) in [5.74, 6) is 1.21. The Morgan fingerprint density at radius 1 is 1.10 bits per heavy atom. The van der Waals surface area contributed by atoms with Gasteiger partial charge in [0.15, 0.2) is 0 Å². The van der Waals surface area contributed by atoms with E-state index in [4.69, 9.17) is 16.0 Å². The maximum Gasteiger partial charge on any atom is 0.263 e. The highest BCUT2D eigenvalue weighted by molar-refractivity contribution is 6.30. The molecule has 144 valence electrons. The van der Waals surface area contributed by atoms with E-state index in [1.807, 2.05) is 42.5 Å². The average molecular weight is 407 g/mol. The predicted octanol–water partition coefficient (Wildman–Crippen LogP) is 3.40. The van der Waals surface area contributed by atoms with Crippen molar-refractivity contribution in [2.45, 2.75) is 6.54 Å². The molecule has 4 aromatic rings. The van der Waals surface area contributed by atoms with Gasteiger partial charge in [0.2, 0.25) is 5.82 Å². The Balaban J connectivity index is 1.33. The lowest BCUT2D eigenvalue weighted by molar-refractivity contribution is -0.122. The summed E-state index contributed by atoms with van der Waals surface area (Å²) >= 11 is 5.99. The van der Waals surface area contributed by atoms with Gasteiger partial charge in [-0.25, -0.2) is 5.43 Å². The fourth-order valence-corrected chi connectivity index (χ4v) is 2.75. The number of furan rings is 1. The van der Waals surface area contributed by atoms with Gasteiger partial charge < -0.3 is 4.42 Å². The van der Waals surface area contributed by atoms with Crippen molar-refractivity contribution in [3.63, 3.8) is 0 Å². The summed E-state index contributed by atoms with van der Waals surface area (Å²) in [7, 11) is 0. The van der Waals surface area contributed by atoms with Crippen molar-refractivity contribution in [1.82, 2.24) is 25.6 Å². The molecule has 0 aliphatic heterocycles. The molecule has 0 unspecified atom stereocenters. The van der Waals surface area contributed by atoms with Crippen molar-refractivity contribution in [2.75, 3.05) is 0 Å². The highest BCUT2D eigenvalue weighted by atomic mass is 35.5. The van der Waals surface area contributed by atoms with E-state index in [1.165, 1.54) is 11.0 Å². The number of tetrazole rings is 1. The third-order valence-electron chi connectivity index (χ3n) is 3.89. The smallest absolute Gasteiger partial charge is 0.263 e. The molecule has 2 aromatic carbocycles. The molecular weight excluding hydrogens is 392 g/mol. The van der Waals surface area contributed by atoms with Crippen LogP contribution in [0.25, 0.3) is 22.7 Å². The van der Waals surface area contributed by atoms with Gasteiger partial charge >= 0.3 is 0 Å². The van der Waals surface area contributed by atoms with E-state index in [2.05, 4.69) is 25.9 Å². The van der Waals surface area contributed by atoms with Crippen molar-refractivity contribution >= 4 is 23.7 Å². The molecule has 0 atom stereocenters. The first-order chi connectivity index (χ1) is 14.2. The first kappa shape index (κ1) is 18.6. The number of hydrazone groups is 1. The average Bonchev–Trinajstić information content (AvgIpc) is 3.39. The highest BCUT2D eigenvalue weighted by Gasteiger charge is 2.09. The van der Waals surface area contributed by atoms with Crippen molar-refractivity contribution in [1.29, 1.82) is 0 Å². The van der Waals surface area contributed by atoms with E-state index in [0.29, 0.717) is 22.4 Å². The molecule has 0 aliphatic rings. The number of rotatable bonds is 6. The number of hydrogen-bond donors (Lipinski definition) is 1. The minimum Gasteiger partial charge on any atom is -0.455 e. The molecule has 4 rings (SSSR count). The second-order valence-electron chi connectivity index (χ2n) is 6.02. The van der Waals surface area contributed by atoms with Gasteiger partial charge in [0, 0.05) is 16.1 Å². The fraction of sp³-hybridized carbons (Fsp3) is 0.0500. The molecule has 1 amide bonds. The summed E-state index contributed by atoms with van der Waals surface area (Å²) in [6, 6.07) is 20.3. The molecule has 8 nitrogen and oxygen atoms in total. The van der Waals surface area contributed by atoms with Gasteiger partial charge in [-0.05, 0) is 29.5 Å². The zero-order valence-electron chi connectivity index (χ0n) is 15.1. The Morgan fingerprint density at radius 2 is 1.93 bits per heavy atom. The summed E-state index contributed by atoms with van der Waals surface area (Å²) in [5, 5.41) is 16.5. The number of carbonyl (C=O) groups is 1. The van der Waals surface area contributed by atoms with Gasteiger partial charge in [-0.2, -0.15) is 9.90 Å². The Kier molecular flexibility index (Phi) is 5.44. The van der Waals surface area contributed by atoms with E-state index in [9.17, 15) is 4.79 Å². The van der Waals surface area contributed by atoms with Crippen LogP contribution in [0, 0.1) is 0 Å². The van der Waals surface area contributed by atoms with Crippen LogP contribution in [0.4, 0.5) is 0 Å². The highest BCUT2D eigenvalue weighted by Crippen LogP contribution is 2.24. The molecule has 0 radical (unpaired) electrons. The number of hydrogen-bond acceptors (Lipinski definition) is 6. The van der Waals surface area contributed by atoms with Crippen molar-refractivity contribution in [3.8, 4) is 22.7 Å². The van der Waals surface area contributed by atoms with Gasteiger partial charge in [0.25, 0.3) is 5.91 Å². The molecule has 29 heavy (non-hydrogen) atoms. The molecule has 0 saturated heterocycles. The third-order valence-corrected chi connectivity index (χ3v) is 4.12. The van der Waals surface area contributed by atoms with Gasteiger partial charge in [-0.1, -0.05) is 54.1 Å². The van der Waals surface area contributed by atoms with Crippen LogP contribution < -0.4 is 5.43 Å². The maximum absolute atomic E-state index is 12.0. The van der Waals surface area contributed by atoms with Crippen LogP contribution in [0.15, 0.2) is 76.2 Å². The lowest BCUT2D eigenvalue weighted by Crippen LogP contribution is -2.24. The largest absolute Gasteiger partial charge is 0.455 e. The van der Waals surface area contributed by atoms with Gasteiger partial charge in [0.05, 0.1) is 6.21 Å². The summed E-state index contributed by atoms with van der Waals surface area (Å²) in [4.78, 5) is 13.2. The normalized spacial score (nSPS) is 11.1. The molecule has 0 bridgehead atoms. The Hall–Kier alpha value is -3.78. The standard InChI is InChI=1S/C20H15ClN6O2/c21-16-8-4-7-15(11-16)18-10-9-17(29-18)12-22-23-19(28)13-27-25-20(24-26-27)14-5-2-1-3-6-14/h1-12H,13H2,(H,23,28)/b22-12-. The molecule has 2 aromatic heterocycles. The molecule has 0 aliphatic carbocycles. The molecule has 9 heteroatoms. The predicted molar refractivity (Wildman–Crippen MR) is 108 cm³/mol. The maximum atomic E-state index is 12.0. The number of nitrogens with zero attached hydrogens (tertiary/aromatic N) is 5. The Morgan fingerprint density at radius 3 is 2.76 bits per heavy atom. The second-order valence-corrected chi connectivity index (χ2v) is 6.45. The van der Waals surface area contributed by atoms with E-state index in [0.717, 1.165) is 11.1 Å².